The lowest BCUT2D eigenvalue weighted by molar-refractivity contribution is -0.119. The molecule has 8 nitrogen and oxygen atoms in total. The first-order valence-electron chi connectivity index (χ1n) is 11.7. The van der Waals surface area contributed by atoms with E-state index >= 15 is 0 Å². The quantitative estimate of drug-likeness (QED) is 0.696. The number of likely N-dealkylation sites (N-methyl/N-ethyl adjacent to an activating group) is 1. The molecule has 9 heteroatoms. The number of carbonyl (C=O) groups excluding carboxylic acids is 2. The highest BCUT2D eigenvalue weighted by atomic mass is 32.2. The molecule has 2 saturated heterocycles. The second-order valence-electron chi connectivity index (χ2n) is 9.58. The van der Waals surface area contributed by atoms with Crippen molar-refractivity contribution in [2.45, 2.75) is 55.0 Å². The summed E-state index contributed by atoms with van der Waals surface area (Å²) in [4.78, 5) is 40.8. The van der Waals surface area contributed by atoms with Crippen LogP contribution < -0.4 is 15.1 Å². The van der Waals surface area contributed by atoms with Crippen LogP contribution in [0.25, 0.3) is 0 Å². The average molecular weight is 465 g/mol. The van der Waals surface area contributed by atoms with Gasteiger partial charge in [0.15, 0.2) is 0 Å². The van der Waals surface area contributed by atoms with Crippen LogP contribution in [-0.4, -0.2) is 70.7 Å². The van der Waals surface area contributed by atoms with Crippen molar-refractivity contribution in [3.8, 4) is 0 Å². The molecule has 0 spiro atoms. The Hall–Kier alpha value is -2.65. The maximum absolute atomic E-state index is 13.2. The molecule has 1 aromatic carbocycles. The summed E-state index contributed by atoms with van der Waals surface area (Å²) in [5.74, 6) is 1.16. The van der Waals surface area contributed by atoms with Gasteiger partial charge in [0, 0.05) is 60.0 Å². The number of carbonyl (C=O) groups is 2. The second kappa shape index (κ2) is 7.99. The van der Waals surface area contributed by atoms with Crippen molar-refractivity contribution in [3.05, 3.63) is 35.7 Å². The molecule has 2 fully saturated rings. The van der Waals surface area contributed by atoms with Crippen LogP contribution in [0.3, 0.4) is 0 Å². The first kappa shape index (κ1) is 20.9. The summed E-state index contributed by atoms with van der Waals surface area (Å²) in [6.45, 7) is 4.37. The number of nitrogens with one attached hydrogen (secondary N) is 1. The third-order valence-corrected chi connectivity index (χ3v) is 8.49. The fourth-order valence-corrected chi connectivity index (χ4v) is 6.91. The fourth-order valence-electron chi connectivity index (χ4n) is 5.85. The molecule has 172 valence electrons. The smallest absolute Gasteiger partial charge is 0.240 e. The van der Waals surface area contributed by atoms with E-state index in [1.807, 2.05) is 37.0 Å². The minimum Gasteiger partial charge on any atom is -0.348 e. The number of rotatable bonds is 4. The van der Waals surface area contributed by atoms with Gasteiger partial charge in [-0.1, -0.05) is 13.0 Å². The molecule has 1 N–H and O–H groups in total. The van der Waals surface area contributed by atoms with Gasteiger partial charge in [0.1, 0.15) is 17.2 Å². The molecule has 0 aliphatic carbocycles. The Kier molecular flexibility index (Phi) is 5.06. The summed E-state index contributed by atoms with van der Waals surface area (Å²) in [7, 11) is 1.81. The Bertz CT molecular complexity index is 1130. The number of thioether (sulfide) groups is 1. The molecule has 5 heterocycles. The molecular formula is C24H28N6O2S. The largest absolute Gasteiger partial charge is 0.348 e. The van der Waals surface area contributed by atoms with Crippen molar-refractivity contribution in [1.82, 2.24) is 14.9 Å². The Morgan fingerprint density at radius 3 is 2.79 bits per heavy atom. The van der Waals surface area contributed by atoms with Gasteiger partial charge in [-0.3, -0.25) is 14.5 Å². The molecule has 2 amide bonds. The Labute approximate surface area is 197 Å². The summed E-state index contributed by atoms with van der Waals surface area (Å²) in [6.07, 6.45) is 5.32. The van der Waals surface area contributed by atoms with Gasteiger partial charge in [-0.25, -0.2) is 9.97 Å². The van der Waals surface area contributed by atoms with E-state index in [-0.39, 0.29) is 11.8 Å². The van der Waals surface area contributed by atoms with Gasteiger partial charge in [-0.2, -0.15) is 0 Å². The first-order valence-corrected chi connectivity index (χ1v) is 12.6. The topological polar surface area (TPSA) is 81.7 Å². The molecule has 3 unspecified atom stereocenters. The molecule has 2 aromatic rings. The fraction of sp³-hybridized carbons (Fsp3) is 0.500. The predicted octanol–water partition coefficient (Wildman–Crippen LogP) is 2.32. The number of nitrogens with zero attached hydrogens (tertiary/aromatic N) is 5. The van der Waals surface area contributed by atoms with Gasteiger partial charge in [0.25, 0.3) is 0 Å². The minimum atomic E-state index is -0.0185. The van der Waals surface area contributed by atoms with Gasteiger partial charge >= 0.3 is 0 Å². The number of aromatic nitrogens is 2. The Morgan fingerprint density at radius 1 is 1.21 bits per heavy atom. The number of hydrogen-bond acceptors (Lipinski definition) is 7. The standard InChI is InChI=1S/C24H28N6O2S/c1-14-8-18-23(25-13-26-24(18)33-14)30-15-6-7-16(30)11-29(10-15)12-22(32)28(2)20-5-3-4-19-17(20)9-21(31)27-19/h3-5,13-16H,6-12H2,1-2H3,(H,27,31). The summed E-state index contributed by atoms with van der Waals surface area (Å²) in [6, 6.07) is 6.46. The minimum absolute atomic E-state index is 0.0185. The number of piperazine rings is 1. The maximum Gasteiger partial charge on any atom is 0.240 e. The monoisotopic (exact) mass is 464 g/mol. The first-order chi connectivity index (χ1) is 16.0. The van der Waals surface area contributed by atoms with E-state index in [0.717, 1.165) is 60.1 Å². The van der Waals surface area contributed by atoms with Crippen molar-refractivity contribution in [3.63, 3.8) is 0 Å². The van der Waals surface area contributed by atoms with E-state index in [9.17, 15) is 9.59 Å². The van der Waals surface area contributed by atoms with Crippen LogP contribution in [0.15, 0.2) is 29.6 Å². The van der Waals surface area contributed by atoms with Crippen LogP contribution in [0.5, 0.6) is 0 Å². The SMILES string of the molecule is CC1Cc2c(ncnc2N2C3CCC2CN(CC(=O)N(C)c2cccc4c2CC(=O)N4)C3)S1. The molecule has 6 rings (SSSR count). The Balaban J connectivity index is 1.16. The predicted molar refractivity (Wildman–Crippen MR) is 129 cm³/mol. The molecule has 2 bridgehead atoms. The Morgan fingerprint density at radius 2 is 2.00 bits per heavy atom. The molecular weight excluding hydrogens is 436 g/mol. The summed E-state index contributed by atoms with van der Waals surface area (Å²) in [5, 5.41) is 4.55. The van der Waals surface area contributed by atoms with Crippen molar-refractivity contribution in [2.24, 2.45) is 0 Å². The van der Waals surface area contributed by atoms with Crippen LogP contribution in [0.4, 0.5) is 17.2 Å². The maximum atomic E-state index is 13.2. The number of benzene rings is 1. The van der Waals surface area contributed by atoms with Crippen LogP contribution in [0.1, 0.15) is 30.9 Å². The van der Waals surface area contributed by atoms with Crippen molar-refractivity contribution in [2.75, 3.05) is 41.8 Å². The summed E-state index contributed by atoms with van der Waals surface area (Å²) < 4.78 is 0. The molecule has 0 radical (unpaired) electrons. The lowest BCUT2D eigenvalue weighted by atomic mass is 10.1. The third kappa shape index (κ3) is 3.58. The highest BCUT2D eigenvalue weighted by Gasteiger charge is 2.43. The number of anilines is 3. The van der Waals surface area contributed by atoms with Crippen LogP contribution in [0, 0.1) is 0 Å². The van der Waals surface area contributed by atoms with Gasteiger partial charge < -0.3 is 15.1 Å². The van der Waals surface area contributed by atoms with E-state index in [2.05, 4.69) is 27.0 Å². The molecule has 4 aliphatic heterocycles. The normalized spacial score (nSPS) is 25.7. The molecule has 0 saturated carbocycles. The second-order valence-corrected chi connectivity index (χ2v) is 11.0. The van der Waals surface area contributed by atoms with E-state index in [0.29, 0.717) is 30.3 Å². The van der Waals surface area contributed by atoms with Crippen LogP contribution in [0.2, 0.25) is 0 Å². The zero-order chi connectivity index (χ0) is 22.7. The number of likely N-dealkylation sites (tertiary alicyclic amines) is 1. The van der Waals surface area contributed by atoms with Gasteiger partial charge in [-0.05, 0) is 31.4 Å². The van der Waals surface area contributed by atoms with E-state index in [1.54, 1.807) is 11.2 Å². The van der Waals surface area contributed by atoms with Crippen LogP contribution >= 0.6 is 11.8 Å². The molecule has 33 heavy (non-hydrogen) atoms. The number of fused-ring (bicyclic) bond motifs is 4. The van der Waals surface area contributed by atoms with Gasteiger partial charge in [-0.15, -0.1) is 11.8 Å². The van der Waals surface area contributed by atoms with E-state index in [1.165, 1.54) is 5.56 Å². The summed E-state index contributed by atoms with van der Waals surface area (Å²) >= 11 is 1.85. The van der Waals surface area contributed by atoms with Crippen molar-refractivity contribution < 1.29 is 9.59 Å². The zero-order valence-electron chi connectivity index (χ0n) is 19.0. The van der Waals surface area contributed by atoms with E-state index < -0.39 is 0 Å². The molecule has 1 aromatic heterocycles. The number of amides is 2. The highest BCUT2D eigenvalue weighted by Crippen LogP contribution is 2.43. The van der Waals surface area contributed by atoms with E-state index in [4.69, 9.17) is 4.98 Å². The van der Waals surface area contributed by atoms with Crippen LogP contribution in [-0.2, 0) is 22.4 Å². The summed E-state index contributed by atoms with van der Waals surface area (Å²) in [5.41, 5.74) is 3.85. The molecule has 3 atom stereocenters. The van der Waals surface area contributed by atoms with Crippen molar-refractivity contribution in [1.29, 1.82) is 0 Å². The lowest BCUT2D eigenvalue weighted by Crippen LogP contribution is -2.56. The van der Waals surface area contributed by atoms with Gasteiger partial charge in [0.2, 0.25) is 11.8 Å². The highest BCUT2D eigenvalue weighted by molar-refractivity contribution is 8.00. The lowest BCUT2D eigenvalue weighted by Gasteiger charge is -2.42. The van der Waals surface area contributed by atoms with Gasteiger partial charge in [0.05, 0.1) is 13.0 Å². The zero-order valence-corrected chi connectivity index (χ0v) is 19.8. The number of hydrogen-bond donors (Lipinski definition) is 1. The molecule has 4 aliphatic rings. The third-order valence-electron chi connectivity index (χ3n) is 7.35. The average Bonchev–Trinajstić information content (AvgIpc) is 3.44. The van der Waals surface area contributed by atoms with Crippen molar-refractivity contribution >= 4 is 40.8 Å².